The summed E-state index contributed by atoms with van der Waals surface area (Å²) in [6.07, 6.45) is 1.52. The van der Waals surface area contributed by atoms with Crippen LogP contribution >= 0.6 is 58.0 Å². The minimum absolute atomic E-state index is 0.00941. The molecule has 10 aromatic heterocycles. The summed E-state index contributed by atoms with van der Waals surface area (Å²) in [6, 6.07) is 17.6. The second-order valence-electron chi connectivity index (χ2n) is 25.9. The van der Waals surface area contributed by atoms with Crippen LogP contribution in [0.2, 0.25) is 26.2 Å². The van der Waals surface area contributed by atoms with Gasteiger partial charge in [-0.2, -0.15) is 40.1 Å². The maximum atomic E-state index is 12.7. The van der Waals surface area contributed by atoms with Crippen LogP contribution in [0.15, 0.2) is 111 Å². The molecule has 2 aromatic carbocycles. The number of anilines is 2. The van der Waals surface area contributed by atoms with Crippen LogP contribution in [0.1, 0.15) is 108 Å². The third-order valence-electron chi connectivity index (χ3n) is 18.5. The van der Waals surface area contributed by atoms with Crippen molar-refractivity contribution in [2.45, 2.75) is 133 Å². The number of imidazole rings is 4. The maximum Gasteiger partial charge on any atom is 0.338 e. The molecule has 0 spiro atoms. The molecule has 2 amide bonds. The third kappa shape index (κ3) is 19.7. The zero-order valence-electron chi connectivity index (χ0n) is 62.6. The molecule has 4 saturated heterocycles. The van der Waals surface area contributed by atoms with Crippen molar-refractivity contribution in [2.24, 2.45) is 11.8 Å². The van der Waals surface area contributed by atoms with Crippen LogP contribution in [0.4, 0.5) is 11.6 Å². The number of nitrogens with zero attached hydrogens (tertiary/aromatic N) is 18. The number of aliphatic hydroxyl groups excluding tert-OH is 6. The highest BCUT2D eigenvalue weighted by atomic mass is 35.5. The summed E-state index contributed by atoms with van der Waals surface area (Å²) in [6.45, 7) is 8.38. The van der Waals surface area contributed by atoms with E-state index >= 15 is 0 Å². The molecule has 0 saturated carbocycles. The number of aromatic amines is 2. The van der Waals surface area contributed by atoms with Crippen LogP contribution < -0.4 is 22.1 Å². The van der Waals surface area contributed by atoms with E-state index < -0.39 is 105 Å². The van der Waals surface area contributed by atoms with Gasteiger partial charge >= 0.3 is 17.9 Å². The lowest BCUT2D eigenvalue weighted by Crippen LogP contribution is -2.34. The van der Waals surface area contributed by atoms with E-state index in [2.05, 4.69) is 90.7 Å². The molecule has 47 heteroatoms. The highest BCUT2D eigenvalue weighted by Gasteiger charge is 2.49. The lowest BCUT2D eigenvalue weighted by molar-refractivity contribution is -0.186. The van der Waals surface area contributed by atoms with E-state index in [0.29, 0.717) is 50.1 Å². The van der Waals surface area contributed by atoms with Gasteiger partial charge in [0.15, 0.2) is 75.4 Å². The smallest absolute Gasteiger partial charge is 0.338 e. The zero-order chi connectivity index (χ0) is 84.2. The van der Waals surface area contributed by atoms with Gasteiger partial charge in [0.05, 0.1) is 85.4 Å². The molecule has 4 fully saturated rings. The van der Waals surface area contributed by atoms with Gasteiger partial charge in [0.2, 0.25) is 22.1 Å². The summed E-state index contributed by atoms with van der Waals surface area (Å²) in [5, 5.41) is 74.0. The Morgan fingerprint density at radius 3 is 1.55 bits per heavy atom. The zero-order valence-corrected chi connectivity index (χ0v) is 66.4. The van der Waals surface area contributed by atoms with Crippen molar-refractivity contribution >= 4 is 144 Å². The number of nitrogen functional groups attached to an aromatic ring is 2. The SMILES string of the molecule is CCC1OC(OC(C)=O)C(OC(=O)c2ccccc2)C1C.CCC1OC(n2cnc3c(Cl)nc(Cl)nc32)C(OC(=O)c2ccccc2)C1C.CNC(=O)c1cn[nH]c1.CNC(=O)c1cnn(-c2nc(N)c3ncn(C4OC(CO)C(O)C4O)c3n2)c1.Clc1nc(Cl)c2[nH]cnc2n1.Nc1nc(Cl)nc2c1ncn2C1OC(CO)C(O)C1O. The summed E-state index contributed by atoms with van der Waals surface area (Å²) in [5.41, 5.74) is 16.5. The number of benzene rings is 2. The van der Waals surface area contributed by atoms with E-state index in [1.807, 2.05) is 39.8 Å². The number of carbonyl (C=O) groups excluding carboxylic acids is 5. The number of fused-ring (bicyclic) bond motifs is 4. The molecule has 0 bridgehead atoms. The molecule has 14 N–H and O–H groups in total. The maximum absolute atomic E-state index is 12.7. The molecule has 42 nitrogen and oxygen atoms in total. The minimum atomic E-state index is -1.31. The quantitative estimate of drug-likeness (QED) is 0.0290. The normalized spacial score (nSPS) is 23.7. The van der Waals surface area contributed by atoms with E-state index in [-0.39, 0.29) is 96.4 Å². The molecule has 4 aliphatic heterocycles. The number of H-pyrrole nitrogens is 2. The number of halogens is 5. The first-order chi connectivity index (χ1) is 56.1. The predicted molar refractivity (Wildman–Crippen MR) is 415 cm³/mol. The standard InChI is InChI=1S/C19H18Cl2N4O3.C16H20O5.C15H18N8O5.C10H12ClN5O4.C5H2Cl2N4.C5H7N3O/c1-3-12-10(2)14(28-18(26)11-7-5-4-6-8-11)17(27-12)25-9-22-13-15(20)23-19(21)24-16(13)25;1-4-13-10(2)14(16(20-13)19-11(3)17)21-15(18)12-8-6-5-7-9-12;1-17-13(27)6-2-19-23(3-6)15-20-11(16)8-12(21-15)22(5-18-8)14-10(26)9(25)7(4-24)28-14;11-10-14-7(12)4-8(15-10)16(2-13-4)9-6(19)5(18)3(1-17)20-9;6-3-2-4(9-1-8-2)11-5(7)10-3;1-6-5(9)4-2-7-8-3-4/h4-10,12,14,17H,3H2,1-2H3;5-10,13-14,16H,4H2,1-3H3;2-3,5,7,9-10,14,24-26H,4H2,1H3,(H,17,27)(H2,16,20,21);2-3,5-6,9,17-19H,1H2,(H2,12,14,15);1H,(H,8,9,10,11);2-3H,1H3,(H,6,9)(H,7,8). The number of ether oxygens (including phenoxy) is 7. The van der Waals surface area contributed by atoms with E-state index in [4.69, 9.17) is 108 Å². The van der Waals surface area contributed by atoms with Gasteiger partial charge < -0.3 is 90.9 Å². The van der Waals surface area contributed by atoms with Gasteiger partial charge in [0.25, 0.3) is 17.8 Å². The Kier molecular flexibility index (Phi) is 28.9. The lowest BCUT2D eigenvalue weighted by atomic mass is 9.98. The molecule has 16 unspecified atom stereocenters. The van der Waals surface area contributed by atoms with Crippen molar-refractivity contribution in [1.29, 1.82) is 0 Å². The minimum Gasteiger partial charge on any atom is -0.454 e. The molecular weight excluding hydrogens is 1640 g/mol. The van der Waals surface area contributed by atoms with Gasteiger partial charge in [-0.3, -0.25) is 33.2 Å². The van der Waals surface area contributed by atoms with Crippen molar-refractivity contribution in [3.63, 3.8) is 0 Å². The van der Waals surface area contributed by atoms with Crippen LogP contribution in [0, 0.1) is 11.8 Å². The summed E-state index contributed by atoms with van der Waals surface area (Å²) in [7, 11) is 3.08. The number of hydrogen-bond donors (Lipinski definition) is 12. The molecule has 12 aromatic rings. The molecule has 620 valence electrons. The first-order valence-electron chi connectivity index (χ1n) is 35.6. The van der Waals surface area contributed by atoms with Gasteiger partial charge in [-0.25, -0.2) is 44.2 Å². The highest BCUT2D eigenvalue weighted by molar-refractivity contribution is 6.35. The molecule has 117 heavy (non-hydrogen) atoms. The molecule has 16 rings (SSSR count). The number of nitrogens with two attached hydrogens (primary N) is 2. The Morgan fingerprint density at radius 2 is 1.02 bits per heavy atom. The van der Waals surface area contributed by atoms with Gasteiger partial charge in [-0.15, -0.1) is 0 Å². The van der Waals surface area contributed by atoms with Crippen molar-refractivity contribution in [3.8, 4) is 5.95 Å². The molecular formula is C70H77Cl5N24O18. The predicted octanol–water partition coefficient (Wildman–Crippen LogP) is 4.52. The molecule has 14 heterocycles. The number of aromatic nitrogens is 20. The average molecular weight is 1720 g/mol. The van der Waals surface area contributed by atoms with E-state index in [1.165, 1.54) is 65.4 Å². The van der Waals surface area contributed by atoms with Crippen molar-refractivity contribution in [1.82, 2.24) is 109 Å². The van der Waals surface area contributed by atoms with Gasteiger partial charge in [-0.05, 0) is 71.9 Å². The lowest BCUT2D eigenvalue weighted by Gasteiger charge is -2.22. The topological polar surface area (TPSA) is 579 Å². The second kappa shape index (κ2) is 38.9. The first-order valence-corrected chi connectivity index (χ1v) is 37.5. The Hall–Kier alpha value is -10.9. The van der Waals surface area contributed by atoms with Gasteiger partial charge in [0, 0.05) is 45.2 Å². The fraction of sp³-hybridized carbons (Fsp3) is 0.386. The number of carbonyl (C=O) groups is 5. The van der Waals surface area contributed by atoms with Crippen molar-refractivity contribution in [2.75, 3.05) is 38.8 Å². The van der Waals surface area contributed by atoms with E-state index in [9.17, 15) is 49.5 Å². The number of rotatable bonds is 15. The monoisotopic (exact) mass is 1720 g/mol. The highest BCUT2D eigenvalue weighted by Crippen LogP contribution is 2.41. The first kappa shape index (κ1) is 86.9. The van der Waals surface area contributed by atoms with E-state index in [1.54, 1.807) is 72.7 Å². The second-order valence-corrected chi connectivity index (χ2v) is 27.7. The Balaban J connectivity index is 0.000000143. The fourth-order valence-corrected chi connectivity index (χ4v) is 13.5. The Labute approximate surface area is 686 Å². The average Bonchev–Trinajstić information content (AvgIpc) is 1.62. The largest absolute Gasteiger partial charge is 0.454 e. The number of amides is 2. The number of esters is 3. The molecule has 0 aliphatic carbocycles. The van der Waals surface area contributed by atoms with Crippen LogP contribution in [0.25, 0.3) is 50.6 Å². The van der Waals surface area contributed by atoms with Crippen LogP contribution in [0.5, 0.6) is 0 Å². The third-order valence-corrected chi connectivity index (χ3v) is 19.6. The summed E-state index contributed by atoms with van der Waals surface area (Å²) < 4.78 is 45.0. The van der Waals surface area contributed by atoms with Crippen LogP contribution in [-0.2, 0) is 38.0 Å². The van der Waals surface area contributed by atoms with Crippen LogP contribution in [-0.4, -0.2) is 253 Å². The van der Waals surface area contributed by atoms with Crippen LogP contribution in [0.3, 0.4) is 0 Å². The van der Waals surface area contributed by atoms with Crippen molar-refractivity contribution in [3.05, 3.63) is 159 Å². The number of nitrogens with one attached hydrogen (secondary N) is 4. The summed E-state index contributed by atoms with van der Waals surface area (Å²) >= 11 is 29.1. The molecule has 16 atom stereocenters. The fourth-order valence-electron chi connectivity index (χ4n) is 12.5. The summed E-state index contributed by atoms with van der Waals surface area (Å²) in [4.78, 5) is 109. The Morgan fingerprint density at radius 1 is 0.538 bits per heavy atom. The number of aliphatic hydroxyl groups is 6. The molecule has 4 aliphatic rings. The number of hydrogen-bond acceptors (Lipinski definition) is 34. The summed E-state index contributed by atoms with van der Waals surface area (Å²) in [5.74, 6) is -1.56. The Bertz CT molecular complexity index is 5420. The molecule has 0 radical (unpaired) electrons. The van der Waals surface area contributed by atoms with Gasteiger partial charge in [0.1, 0.15) is 58.7 Å². The van der Waals surface area contributed by atoms with Crippen molar-refractivity contribution < 1.29 is 87.8 Å². The van der Waals surface area contributed by atoms with E-state index in [0.717, 1.165) is 12.8 Å². The van der Waals surface area contributed by atoms with Gasteiger partial charge in [-0.1, -0.05) is 87.3 Å².